The number of hydrogen-bond donors (Lipinski definition) is 2. The summed E-state index contributed by atoms with van der Waals surface area (Å²) in [6, 6.07) is 5.54. The first-order valence-electron chi connectivity index (χ1n) is 8.37. The van der Waals surface area contributed by atoms with Gasteiger partial charge in [0.25, 0.3) is 0 Å². The number of nitrogens with zero attached hydrogens (tertiary/aromatic N) is 2. The van der Waals surface area contributed by atoms with Gasteiger partial charge in [-0.1, -0.05) is 17.7 Å². The maximum absolute atomic E-state index is 12.2. The van der Waals surface area contributed by atoms with Gasteiger partial charge >= 0.3 is 0 Å². The molecule has 1 aliphatic rings. The van der Waals surface area contributed by atoms with Gasteiger partial charge in [0.1, 0.15) is 5.82 Å². The molecule has 1 aromatic heterocycles. The molecule has 3 rings (SSSR count). The number of imidazole rings is 1. The molecule has 6 nitrogen and oxygen atoms in total. The van der Waals surface area contributed by atoms with Crippen molar-refractivity contribution < 1.29 is 9.59 Å². The number of rotatable bonds is 7. The van der Waals surface area contributed by atoms with Gasteiger partial charge in [-0.3, -0.25) is 9.59 Å². The number of nitrogens with one attached hydrogen (secondary N) is 2. The summed E-state index contributed by atoms with van der Waals surface area (Å²) in [7, 11) is 0. The van der Waals surface area contributed by atoms with Crippen LogP contribution in [0.3, 0.4) is 0 Å². The summed E-state index contributed by atoms with van der Waals surface area (Å²) in [5.74, 6) is 0.567. The number of likely N-dealkylation sites (tertiary alicyclic amines) is 1. The molecule has 0 saturated carbocycles. The molecule has 0 aliphatic carbocycles. The molecule has 1 saturated heterocycles. The van der Waals surface area contributed by atoms with Gasteiger partial charge in [-0.15, -0.1) is 6.58 Å². The Bertz CT molecular complexity index is 801. The van der Waals surface area contributed by atoms with Crippen LogP contribution in [-0.2, 0) is 16.0 Å². The normalized spacial score (nSPS) is 17.2. The summed E-state index contributed by atoms with van der Waals surface area (Å²) in [5, 5.41) is 3.59. The molecule has 1 aliphatic heterocycles. The van der Waals surface area contributed by atoms with Gasteiger partial charge in [0.2, 0.25) is 11.8 Å². The van der Waals surface area contributed by atoms with E-state index >= 15 is 0 Å². The largest absolute Gasteiger partial charge is 0.356 e. The molecule has 25 heavy (non-hydrogen) atoms. The summed E-state index contributed by atoms with van der Waals surface area (Å²) in [4.78, 5) is 33.4. The van der Waals surface area contributed by atoms with Crippen molar-refractivity contribution in [3.63, 3.8) is 0 Å². The number of carbonyl (C=O) groups is 2. The van der Waals surface area contributed by atoms with Crippen molar-refractivity contribution in [3.05, 3.63) is 41.7 Å². The highest BCUT2D eigenvalue weighted by molar-refractivity contribution is 6.31. The van der Waals surface area contributed by atoms with Crippen molar-refractivity contribution in [3.8, 4) is 0 Å². The van der Waals surface area contributed by atoms with E-state index in [-0.39, 0.29) is 24.2 Å². The zero-order valence-electron chi connectivity index (χ0n) is 13.9. The SMILES string of the molecule is C=CCN1C[C@H](C(=O)NCCCc2nc3ccc(Cl)cc3[nH]2)CC1=O. The summed E-state index contributed by atoms with van der Waals surface area (Å²) < 4.78 is 0. The Hall–Kier alpha value is -2.34. The van der Waals surface area contributed by atoms with Gasteiger partial charge in [-0.25, -0.2) is 4.98 Å². The lowest BCUT2D eigenvalue weighted by Crippen LogP contribution is -2.33. The molecule has 1 aromatic carbocycles. The summed E-state index contributed by atoms with van der Waals surface area (Å²) in [5.41, 5.74) is 1.80. The van der Waals surface area contributed by atoms with E-state index in [9.17, 15) is 9.59 Å². The van der Waals surface area contributed by atoms with Gasteiger partial charge in [0.15, 0.2) is 0 Å². The van der Waals surface area contributed by atoms with Gasteiger partial charge < -0.3 is 15.2 Å². The van der Waals surface area contributed by atoms with E-state index < -0.39 is 0 Å². The van der Waals surface area contributed by atoms with Gasteiger partial charge in [-0.2, -0.15) is 0 Å². The monoisotopic (exact) mass is 360 g/mol. The number of carbonyl (C=O) groups excluding carboxylic acids is 2. The minimum absolute atomic E-state index is 0.0148. The van der Waals surface area contributed by atoms with Crippen LogP contribution in [0.25, 0.3) is 11.0 Å². The van der Waals surface area contributed by atoms with Crippen LogP contribution >= 0.6 is 11.6 Å². The fraction of sp³-hybridized carbons (Fsp3) is 0.389. The Kier molecular flexibility index (Phi) is 5.38. The Morgan fingerprint density at radius 3 is 3.16 bits per heavy atom. The molecule has 1 atom stereocenters. The number of halogens is 1. The highest BCUT2D eigenvalue weighted by atomic mass is 35.5. The topological polar surface area (TPSA) is 78.1 Å². The number of H-pyrrole nitrogens is 1. The third-order valence-corrected chi connectivity index (χ3v) is 4.55. The molecule has 0 spiro atoms. The van der Waals surface area contributed by atoms with E-state index in [0.29, 0.717) is 24.7 Å². The maximum Gasteiger partial charge on any atom is 0.225 e. The number of hydrogen-bond acceptors (Lipinski definition) is 3. The summed E-state index contributed by atoms with van der Waals surface area (Å²) in [6.45, 7) is 5.16. The fourth-order valence-electron chi connectivity index (χ4n) is 3.04. The number of aromatic amines is 1. The van der Waals surface area contributed by atoms with E-state index in [1.54, 1.807) is 11.0 Å². The molecular formula is C18H21ClN4O2. The van der Waals surface area contributed by atoms with Crippen molar-refractivity contribution in [2.75, 3.05) is 19.6 Å². The first-order valence-corrected chi connectivity index (χ1v) is 8.75. The molecule has 132 valence electrons. The predicted octanol–water partition coefficient (Wildman–Crippen LogP) is 2.30. The van der Waals surface area contributed by atoms with Crippen LogP contribution in [0.4, 0.5) is 0 Å². The zero-order valence-corrected chi connectivity index (χ0v) is 14.7. The van der Waals surface area contributed by atoms with Crippen LogP contribution in [0.2, 0.25) is 5.02 Å². The first-order chi connectivity index (χ1) is 12.1. The molecule has 2 N–H and O–H groups in total. The van der Waals surface area contributed by atoms with Crippen LogP contribution in [0.15, 0.2) is 30.9 Å². The van der Waals surface area contributed by atoms with Crippen LogP contribution in [0.5, 0.6) is 0 Å². The van der Waals surface area contributed by atoms with Crippen LogP contribution in [-0.4, -0.2) is 46.3 Å². The first kappa shape index (κ1) is 17.5. The minimum atomic E-state index is -0.263. The lowest BCUT2D eigenvalue weighted by molar-refractivity contribution is -0.128. The number of fused-ring (bicyclic) bond motifs is 1. The Morgan fingerprint density at radius 1 is 1.52 bits per heavy atom. The highest BCUT2D eigenvalue weighted by Crippen LogP contribution is 2.18. The zero-order chi connectivity index (χ0) is 17.8. The van der Waals surface area contributed by atoms with E-state index in [1.165, 1.54) is 0 Å². The minimum Gasteiger partial charge on any atom is -0.356 e. The number of aryl methyl sites for hydroxylation is 1. The van der Waals surface area contributed by atoms with Gasteiger partial charge in [0, 0.05) is 37.5 Å². The lowest BCUT2D eigenvalue weighted by atomic mass is 10.1. The molecule has 2 amide bonds. The Balaban J connectivity index is 1.44. The third kappa shape index (κ3) is 4.20. The summed E-state index contributed by atoms with van der Waals surface area (Å²) in [6.07, 6.45) is 3.47. The maximum atomic E-state index is 12.2. The lowest BCUT2D eigenvalue weighted by Gasteiger charge is -2.13. The Labute approximate surface area is 151 Å². The van der Waals surface area contributed by atoms with Crippen molar-refractivity contribution in [2.24, 2.45) is 5.92 Å². The molecular weight excluding hydrogens is 340 g/mol. The number of benzene rings is 1. The molecule has 1 fully saturated rings. The molecule has 0 unspecified atom stereocenters. The average molecular weight is 361 g/mol. The standard InChI is InChI=1S/C18H21ClN4O2/c1-2-8-23-11-12(9-17(23)24)18(25)20-7-3-4-16-21-14-6-5-13(19)10-15(14)22-16/h2,5-6,10,12H,1,3-4,7-9,11H2,(H,20,25)(H,21,22)/t12-/m1/s1. The number of aromatic nitrogens is 2. The molecule has 2 aromatic rings. The van der Waals surface area contributed by atoms with Crippen molar-refractivity contribution in [1.29, 1.82) is 0 Å². The van der Waals surface area contributed by atoms with E-state index in [2.05, 4.69) is 21.9 Å². The smallest absolute Gasteiger partial charge is 0.225 e. The van der Waals surface area contributed by atoms with Crippen molar-refractivity contribution in [1.82, 2.24) is 20.2 Å². The van der Waals surface area contributed by atoms with E-state index in [4.69, 9.17) is 11.6 Å². The second-order valence-electron chi connectivity index (χ2n) is 6.23. The number of amides is 2. The van der Waals surface area contributed by atoms with E-state index in [1.807, 2.05) is 18.2 Å². The van der Waals surface area contributed by atoms with Crippen LogP contribution in [0.1, 0.15) is 18.7 Å². The van der Waals surface area contributed by atoms with Crippen LogP contribution in [0, 0.1) is 5.92 Å². The van der Waals surface area contributed by atoms with Gasteiger partial charge in [0.05, 0.1) is 17.0 Å². The molecule has 0 bridgehead atoms. The third-order valence-electron chi connectivity index (χ3n) is 4.32. The predicted molar refractivity (Wildman–Crippen MR) is 97.3 cm³/mol. The second-order valence-corrected chi connectivity index (χ2v) is 6.66. The molecule has 0 radical (unpaired) electrons. The highest BCUT2D eigenvalue weighted by Gasteiger charge is 2.33. The van der Waals surface area contributed by atoms with Crippen LogP contribution < -0.4 is 5.32 Å². The van der Waals surface area contributed by atoms with Crippen molar-refractivity contribution >= 4 is 34.4 Å². The van der Waals surface area contributed by atoms with Crippen molar-refractivity contribution in [2.45, 2.75) is 19.3 Å². The molecule has 7 heteroatoms. The summed E-state index contributed by atoms with van der Waals surface area (Å²) >= 11 is 5.96. The quantitative estimate of drug-likeness (QED) is 0.587. The van der Waals surface area contributed by atoms with Gasteiger partial charge in [-0.05, 0) is 24.6 Å². The molecule has 2 heterocycles. The average Bonchev–Trinajstić information content (AvgIpc) is 3.15. The van der Waals surface area contributed by atoms with E-state index in [0.717, 1.165) is 29.7 Å². The Morgan fingerprint density at radius 2 is 2.36 bits per heavy atom. The second kappa shape index (κ2) is 7.70. The fourth-order valence-corrected chi connectivity index (χ4v) is 3.22.